The lowest BCUT2D eigenvalue weighted by Gasteiger charge is -2.20. The molecule has 0 aliphatic heterocycles. The summed E-state index contributed by atoms with van der Waals surface area (Å²) < 4.78 is 5.17. The number of thiocarbonyl (C=S) groups is 1. The Balaban J connectivity index is 1.73. The fourth-order valence-corrected chi connectivity index (χ4v) is 3.43. The van der Waals surface area contributed by atoms with Gasteiger partial charge in [0, 0.05) is 10.6 Å². The van der Waals surface area contributed by atoms with Crippen LogP contribution in [-0.2, 0) is 0 Å². The summed E-state index contributed by atoms with van der Waals surface area (Å²) in [7, 11) is 1.65. The molecule has 0 spiro atoms. The summed E-state index contributed by atoms with van der Waals surface area (Å²) in [5.41, 5.74) is 2.10. The molecule has 0 saturated heterocycles. The van der Waals surface area contributed by atoms with Gasteiger partial charge < -0.3 is 15.4 Å². The summed E-state index contributed by atoms with van der Waals surface area (Å²) >= 11 is 7.21. The molecule has 24 heavy (non-hydrogen) atoms. The molecule has 0 aliphatic carbocycles. The molecule has 0 unspecified atom stereocenters. The number of nitrogens with one attached hydrogen (secondary N) is 2. The smallest absolute Gasteiger partial charge is 0.171 e. The van der Waals surface area contributed by atoms with Crippen LogP contribution in [-0.4, -0.2) is 12.2 Å². The van der Waals surface area contributed by atoms with Crippen LogP contribution in [0.4, 0.5) is 5.69 Å². The van der Waals surface area contributed by atoms with E-state index in [0.717, 1.165) is 11.4 Å². The minimum absolute atomic E-state index is 0.0319. The first kappa shape index (κ1) is 16.5. The summed E-state index contributed by atoms with van der Waals surface area (Å²) in [5.74, 6) is 0.820. The molecule has 1 heterocycles. The van der Waals surface area contributed by atoms with Gasteiger partial charge >= 0.3 is 0 Å². The Morgan fingerprint density at radius 3 is 2.38 bits per heavy atom. The van der Waals surface area contributed by atoms with Crippen molar-refractivity contribution in [1.29, 1.82) is 0 Å². The van der Waals surface area contributed by atoms with Crippen LogP contribution in [0.1, 0.15) is 16.5 Å². The second-order valence-corrected chi connectivity index (χ2v) is 6.57. The topological polar surface area (TPSA) is 33.3 Å². The zero-order chi connectivity index (χ0) is 16.8. The molecule has 2 aromatic carbocycles. The summed E-state index contributed by atoms with van der Waals surface area (Å²) in [6, 6.07) is 22.2. The first-order chi connectivity index (χ1) is 11.8. The van der Waals surface area contributed by atoms with Crippen molar-refractivity contribution in [3.63, 3.8) is 0 Å². The fourth-order valence-electron chi connectivity index (χ4n) is 2.39. The van der Waals surface area contributed by atoms with E-state index < -0.39 is 0 Å². The van der Waals surface area contributed by atoms with Crippen LogP contribution < -0.4 is 15.4 Å². The fraction of sp³-hybridized carbons (Fsp3) is 0.105. The van der Waals surface area contributed by atoms with Crippen LogP contribution in [0.15, 0.2) is 72.1 Å². The number of anilines is 1. The van der Waals surface area contributed by atoms with E-state index in [4.69, 9.17) is 17.0 Å². The van der Waals surface area contributed by atoms with Crippen molar-refractivity contribution in [2.45, 2.75) is 6.04 Å². The van der Waals surface area contributed by atoms with Crippen molar-refractivity contribution in [2.24, 2.45) is 0 Å². The summed E-state index contributed by atoms with van der Waals surface area (Å²) in [4.78, 5) is 1.22. The molecule has 0 saturated carbocycles. The molecule has 0 fully saturated rings. The van der Waals surface area contributed by atoms with E-state index in [0.29, 0.717) is 5.11 Å². The van der Waals surface area contributed by atoms with E-state index in [1.54, 1.807) is 18.4 Å². The Labute approximate surface area is 151 Å². The van der Waals surface area contributed by atoms with Gasteiger partial charge in [-0.2, -0.15) is 0 Å². The van der Waals surface area contributed by atoms with Crippen LogP contribution in [0.25, 0.3) is 0 Å². The van der Waals surface area contributed by atoms with Crippen molar-refractivity contribution in [2.75, 3.05) is 12.4 Å². The zero-order valence-electron chi connectivity index (χ0n) is 13.2. The largest absolute Gasteiger partial charge is 0.497 e. The molecule has 2 N–H and O–H groups in total. The summed E-state index contributed by atoms with van der Waals surface area (Å²) in [5, 5.41) is 9.30. The van der Waals surface area contributed by atoms with E-state index in [-0.39, 0.29) is 6.04 Å². The molecule has 5 heteroatoms. The standard InChI is InChI=1S/C19H18N2OS2/c1-22-16-11-9-15(10-12-16)20-19(23)21-18(17-8-5-13-24-17)14-6-3-2-4-7-14/h2-13,18H,1H3,(H2,20,21,23)/t18-/m0/s1. The minimum atomic E-state index is 0.0319. The zero-order valence-corrected chi connectivity index (χ0v) is 14.9. The second-order valence-electron chi connectivity index (χ2n) is 5.19. The number of benzene rings is 2. The molecule has 122 valence electrons. The first-order valence-electron chi connectivity index (χ1n) is 7.56. The Morgan fingerprint density at radius 2 is 1.75 bits per heavy atom. The highest BCUT2D eigenvalue weighted by Crippen LogP contribution is 2.26. The lowest BCUT2D eigenvalue weighted by molar-refractivity contribution is 0.415. The molecule has 3 nitrogen and oxygen atoms in total. The normalized spacial score (nSPS) is 11.5. The van der Waals surface area contributed by atoms with Crippen LogP contribution in [0.3, 0.4) is 0 Å². The van der Waals surface area contributed by atoms with Crippen LogP contribution in [0.5, 0.6) is 5.75 Å². The maximum absolute atomic E-state index is 5.50. The lowest BCUT2D eigenvalue weighted by Crippen LogP contribution is -2.32. The number of hydrogen-bond acceptors (Lipinski definition) is 3. The Kier molecular flexibility index (Phi) is 5.46. The van der Waals surface area contributed by atoms with Gasteiger partial charge in [0.15, 0.2) is 5.11 Å². The SMILES string of the molecule is COc1ccc(NC(=S)N[C@@H](c2ccccc2)c2cccs2)cc1. The third-order valence-electron chi connectivity index (χ3n) is 3.58. The molecular weight excluding hydrogens is 336 g/mol. The predicted octanol–water partition coefficient (Wildman–Crippen LogP) is 4.83. The highest BCUT2D eigenvalue weighted by atomic mass is 32.1. The number of hydrogen-bond donors (Lipinski definition) is 2. The van der Waals surface area contributed by atoms with Gasteiger partial charge in [0.1, 0.15) is 5.75 Å². The predicted molar refractivity (Wildman–Crippen MR) is 105 cm³/mol. The third-order valence-corrected chi connectivity index (χ3v) is 4.74. The highest BCUT2D eigenvalue weighted by Gasteiger charge is 2.16. The van der Waals surface area contributed by atoms with Gasteiger partial charge in [0.05, 0.1) is 13.2 Å². The molecule has 0 radical (unpaired) electrons. The van der Waals surface area contributed by atoms with E-state index in [9.17, 15) is 0 Å². The lowest BCUT2D eigenvalue weighted by atomic mass is 10.1. The van der Waals surface area contributed by atoms with E-state index >= 15 is 0 Å². The van der Waals surface area contributed by atoms with Gasteiger partial charge in [0.25, 0.3) is 0 Å². The summed E-state index contributed by atoms with van der Waals surface area (Å²) in [6.45, 7) is 0. The molecule has 0 bridgehead atoms. The van der Waals surface area contributed by atoms with Gasteiger partial charge in [-0.1, -0.05) is 36.4 Å². The first-order valence-corrected chi connectivity index (χ1v) is 8.85. The maximum Gasteiger partial charge on any atom is 0.171 e. The van der Waals surface area contributed by atoms with Gasteiger partial charge in [-0.25, -0.2) is 0 Å². The van der Waals surface area contributed by atoms with Crippen molar-refractivity contribution >= 4 is 34.4 Å². The molecule has 3 aromatic rings. The molecule has 0 aliphatic rings. The number of thiophene rings is 1. The average Bonchev–Trinajstić information content (AvgIpc) is 3.15. The molecule has 1 aromatic heterocycles. The summed E-state index contributed by atoms with van der Waals surface area (Å²) in [6.07, 6.45) is 0. The van der Waals surface area contributed by atoms with Crippen molar-refractivity contribution in [3.05, 3.63) is 82.6 Å². The minimum Gasteiger partial charge on any atom is -0.497 e. The van der Waals surface area contributed by atoms with Crippen LogP contribution in [0, 0.1) is 0 Å². The highest BCUT2D eigenvalue weighted by molar-refractivity contribution is 7.80. The number of methoxy groups -OCH3 is 1. The van der Waals surface area contributed by atoms with Gasteiger partial charge in [0.2, 0.25) is 0 Å². The van der Waals surface area contributed by atoms with Gasteiger partial charge in [-0.15, -0.1) is 11.3 Å². The number of rotatable bonds is 5. The molecule has 1 atom stereocenters. The third kappa shape index (κ3) is 4.13. The molecular formula is C19H18N2OS2. The van der Waals surface area contributed by atoms with Gasteiger partial charge in [-0.3, -0.25) is 0 Å². The van der Waals surface area contributed by atoms with Gasteiger partial charge in [-0.05, 0) is 53.5 Å². The van der Waals surface area contributed by atoms with Crippen molar-refractivity contribution in [3.8, 4) is 5.75 Å². The van der Waals surface area contributed by atoms with Crippen molar-refractivity contribution < 1.29 is 4.74 Å². The Morgan fingerprint density at radius 1 is 1.00 bits per heavy atom. The average molecular weight is 355 g/mol. The monoisotopic (exact) mass is 354 g/mol. The van der Waals surface area contributed by atoms with Crippen molar-refractivity contribution in [1.82, 2.24) is 5.32 Å². The Bertz CT molecular complexity index is 771. The van der Waals surface area contributed by atoms with Crippen LogP contribution >= 0.6 is 23.6 Å². The maximum atomic E-state index is 5.50. The van der Waals surface area contributed by atoms with Crippen LogP contribution in [0.2, 0.25) is 0 Å². The quantitative estimate of drug-likeness (QED) is 0.643. The van der Waals surface area contributed by atoms with E-state index in [1.165, 1.54) is 10.4 Å². The second kappa shape index (κ2) is 7.95. The van der Waals surface area contributed by atoms with E-state index in [1.807, 2.05) is 42.5 Å². The van der Waals surface area contributed by atoms with E-state index in [2.05, 4.69) is 40.3 Å². The number of ether oxygens (including phenoxy) is 1. The molecule has 0 amide bonds. The molecule has 3 rings (SSSR count). The Hall–Kier alpha value is -2.37.